The summed E-state index contributed by atoms with van der Waals surface area (Å²) in [4.78, 5) is 21.3. The van der Waals surface area contributed by atoms with E-state index in [1.807, 2.05) is 36.4 Å². The second kappa shape index (κ2) is 7.29. The van der Waals surface area contributed by atoms with Gasteiger partial charge in [-0.05, 0) is 36.2 Å². The lowest BCUT2D eigenvalue weighted by molar-refractivity contribution is -0.136. The van der Waals surface area contributed by atoms with Gasteiger partial charge in [0.05, 0.1) is 5.56 Å². The van der Waals surface area contributed by atoms with Gasteiger partial charge >= 0.3 is 5.97 Å². The first-order valence-corrected chi connectivity index (χ1v) is 11.2. The van der Waals surface area contributed by atoms with Crippen LogP contribution in [0.1, 0.15) is 30.4 Å². The molecule has 1 aliphatic carbocycles. The predicted molar refractivity (Wildman–Crippen MR) is 116 cm³/mol. The number of fused-ring (bicyclic) bond motifs is 1. The highest BCUT2D eigenvalue weighted by Crippen LogP contribution is 2.65. The van der Waals surface area contributed by atoms with Crippen molar-refractivity contribution in [3.05, 3.63) is 83.8 Å². The predicted octanol–water partition coefficient (Wildman–Crippen LogP) is 5.74. The summed E-state index contributed by atoms with van der Waals surface area (Å²) >= 11 is 0. The van der Waals surface area contributed by atoms with Gasteiger partial charge in [-0.1, -0.05) is 36.4 Å². The number of rotatable bonds is 6. The number of hydrogen-bond acceptors (Lipinski definition) is 3. The van der Waals surface area contributed by atoms with Crippen molar-refractivity contribution in [3.8, 4) is 10.6 Å². The summed E-state index contributed by atoms with van der Waals surface area (Å²) in [6, 6.07) is 19.2. The number of pyridine rings is 1. The van der Waals surface area contributed by atoms with Crippen molar-refractivity contribution in [3.63, 3.8) is 0 Å². The van der Waals surface area contributed by atoms with Gasteiger partial charge < -0.3 is 5.11 Å². The molecule has 4 nitrogen and oxygen atoms in total. The molecule has 2 heterocycles. The van der Waals surface area contributed by atoms with E-state index in [1.54, 1.807) is 12.3 Å². The Balaban J connectivity index is 1.66. The standard InChI is InChI=1S/C24H19FN2O2S/c25-19-15-16(9-11-21(28)29)8-10-18(19)22-27-20-7-4-14-26-23(20)30(22)24(12-13-24)17-5-2-1-3-6-17/h1-8,10,14-15H,9,11-13H2/p+1. The molecule has 0 aliphatic heterocycles. The second-order valence-electron chi connectivity index (χ2n) is 7.62. The molecule has 1 fully saturated rings. The number of aromatic nitrogens is 2. The molecule has 4 aromatic rings. The van der Waals surface area contributed by atoms with Crippen LogP contribution in [-0.2, 0) is 16.0 Å². The lowest BCUT2D eigenvalue weighted by Crippen LogP contribution is -2.03. The topological polar surface area (TPSA) is 63.1 Å². The van der Waals surface area contributed by atoms with Crippen molar-refractivity contribution in [2.75, 3.05) is 0 Å². The summed E-state index contributed by atoms with van der Waals surface area (Å²) in [6.07, 6.45) is 4.11. The Kier molecular flexibility index (Phi) is 4.59. The Hall–Kier alpha value is -3.12. The summed E-state index contributed by atoms with van der Waals surface area (Å²) < 4.78 is 15.1. The van der Waals surface area contributed by atoms with Gasteiger partial charge in [-0.3, -0.25) is 4.79 Å². The molecule has 2 aromatic heterocycles. The lowest BCUT2D eigenvalue weighted by Gasteiger charge is -2.10. The van der Waals surface area contributed by atoms with Crippen LogP contribution in [0.5, 0.6) is 0 Å². The summed E-state index contributed by atoms with van der Waals surface area (Å²) in [5, 5.41) is 9.64. The summed E-state index contributed by atoms with van der Waals surface area (Å²) in [5.41, 5.74) is 3.22. The molecule has 1 aliphatic rings. The maximum Gasteiger partial charge on any atom is 0.303 e. The van der Waals surface area contributed by atoms with Gasteiger partial charge in [-0.25, -0.2) is 9.37 Å². The fourth-order valence-electron chi connectivity index (χ4n) is 4.02. The molecule has 5 rings (SSSR count). The smallest absolute Gasteiger partial charge is 0.303 e. The van der Waals surface area contributed by atoms with Gasteiger partial charge in [-0.15, -0.1) is 0 Å². The molecule has 1 saturated carbocycles. The molecule has 0 spiro atoms. The van der Waals surface area contributed by atoms with Crippen LogP contribution in [-0.4, -0.2) is 21.0 Å². The molecule has 1 unspecified atom stereocenters. The van der Waals surface area contributed by atoms with Gasteiger partial charge in [0.1, 0.15) is 11.3 Å². The quantitative estimate of drug-likeness (QED) is 0.405. The fraction of sp³-hybridized carbons (Fsp3) is 0.208. The van der Waals surface area contributed by atoms with Crippen LogP contribution in [0.3, 0.4) is 0 Å². The largest absolute Gasteiger partial charge is 0.481 e. The molecular weight excluding hydrogens is 399 g/mol. The third-order valence-corrected chi connectivity index (χ3v) is 8.47. The Labute approximate surface area is 176 Å². The minimum Gasteiger partial charge on any atom is -0.481 e. The number of carboxylic acids is 1. The second-order valence-corrected chi connectivity index (χ2v) is 9.79. The molecule has 0 radical (unpaired) electrons. The van der Waals surface area contributed by atoms with Crippen molar-refractivity contribution in [1.29, 1.82) is 0 Å². The zero-order valence-electron chi connectivity index (χ0n) is 16.2. The molecule has 0 bridgehead atoms. The zero-order chi connectivity index (χ0) is 20.7. The van der Waals surface area contributed by atoms with Gasteiger partial charge in [0.25, 0.3) is 9.84 Å². The average Bonchev–Trinajstić information content (AvgIpc) is 3.47. The third kappa shape index (κ3) is 3.17. The van der Waals surface area contributed by atoms with Crippen molar-refractivity contribution < 1.29 is 14.3 Å². The molecule has 2 aromatic carbocycles. The molecular formula is C24H20FN2O2S+. The molecule has 150 valence electrons. The zero-order valence-corrected chi connectivity index (χ0v) is 17.0. The summed E-state index contributed by atoms with van der Waals surface area (Å²) in [5.74, 6) is -1.24. The molecule has 6 heteroatoms. The van der Waals surface area contributed by atoms with Crippen LogP contribution in [0, 0.1) is 5.82 Å². The highest BCUT2D eigenvalue weighted by molar-refractivity contribution is 7.41. The monoisotopic (exact) mass is 419 g/mol. The van der Waals surface area contributed by atoms with Crippen LogP contribution in [0.2, 0.25) is 0 Å². The van der Waals surface area contributed by atoms with Crippen LogP contribution in [0.4, 0.5) is 4.39 Å². The van der Waals surface area contributed by atoms with E-state index in [2.05, 4.69) is 17.1 Å². The molecule has 1 atom stereocenters. The van der Waals surface area contributed by atoms with Crippen LogP contribution >= 0.6 is 10.5 Å². The Morgan fingerprint density at radius 1 is 1.10 bits per heavy atom. The molecule has 30 heavy (non-hydrogen) atoms. The summed E-state index contributed by atoms with van der Waals surface area (Å²) in [6.45, 7) is 0. The summed E-state index contributed by atoms with van der Waals surface area (Å²) in [7, 11) is -0.464. The lowest BCUT2D eigenvalue weighted by atomic mass is 10.1. The average molecular weight is 420 g/mol. The first kappa shape index (κ1) is 18.9. The minimum atomic E-state index is -0.888. The van der Waals surface area contributed by atoms with E-state index < -0.39 is 16.4 Å². The highest BCUT2D eigenvalue weighted by atomic mass is 32.2. The van der Waals surface area contributed by atoms with Gasteiger partial charge in [0.2, 0.25) is 0 Å². The number of hydrogen-bond donors (Lipinski definition) is 1. The van der Waals surface area contributed by atoms with E-state index in [4.69, 9.17) is 10.1 Å². The van der Waals surface area contributed by atoms with E-state index in [9.17, 15) is 4.79 Å². The van der Waals surface area contributed by atoms with Gasteiger partial charge in [0, 0.05) is 41.5 Å². The minimum absolute atomic E-state index is 0.0173. The van der Waals surface area contributed by atoms with Gasteiger partial charge in [0.15, 0.2) is 4.75 Å². The maximum atomic E-state index is 15.2. The van der Waals surface area contributed by atoms with Gasteiger partial charge in [-0.2, -0.15) is 4.98 Å². The normalized spacial score (nSPS) is 15.3. The molecule has 1 N–H and O–H groups in total. The number of thiazole rings is 1. The molecule has 0 saturated heterocycles. The van der Waals surface area contributed by atoms with Crippen molar-refractivity contribution in [1.82, 2.24) is 9.97 Å². The van der Waals surface area contributed by atoms with E-state index in [1.165, 1.54) is 11.6 Å². The van der Waals surface area contributed by atoms with Crippen LogP contribution < -0.4 is 0 Å². The Bertz CT molecular complexity index is 1250. The van der Waals surface area contributed by atoms with Crippen LogP contribution in [0.15, 0.2) is 66.9 Å². The first-order valence-electron chi connectivity index (χ1n) is 9.93. The van der Waals surface area contributed by atoms with Crippen molar-refractivity contribution >= 4 is 26.8 Å². The number of aliphatic carboxylic acids is 1. The van der Waals surface area contributed by atoms with Crippen LogP contribution in [0.25, 0.3) is 20.9 Å². The van der Waals surface area contributed by atoms with E-state index >= 15 is 4.39 Å². The maximum absolute atomic E-state index is 15.2. The first-order chi connectivity index (χ1) is 14.6. The van der Waals surface area contributed by atoms with Crippen molar-refractivity contribution in [2.24, 2.45) is 0 Å². The number of benzene rings is 2. The Morgan fingerprint density at radius 2 is 1.90 bits per heavy atom. The molecule has 0 amide bonds. The third-order valence-electron chi connectivity index (χ3n) is 5.65. The SMILES string of the molecule is O=C(O)CCc1ccc(-c2nc3cccnc3[s+]2C2(c3ccccc3)CC2)c(F)c1. The number of carboxylic acid groups (broad SMARTS) is 1. The Morgan fingerprint density at radius 3 is 2.60 bits per heavy atom. The van der Waals surface area contributed by atoms with Crippen molar-refractivity contribution in [2.45, 2.75) is 30.4 Å². The highest BCUT2D eigenvalue weighted by Gasteiger charge is 2.58. The number of nitrogens with zero attached hydrogens (tertiary/aromatic N) is 2. The van der Waals surface area contributed by atoms with E-state index in [0.717, 1.165) is 28.2 Å². The number of carbonyl (C=O) groups is 1. The van der Waals surface area contributed by atoms with E-state index in [-0.39, 0.29) is 17.0 Å². The van der Waals surface area contributed by atoms with E-state index in [0.29, 0.717) is 17.5 Å². The number of aryl methyl sites for hydroxylation is 1. The fourth-order valence-corrected chi connectivity index (χ4v) is 6.89. The number of halogens is 1.